The molecule has 0 unspecified atom stereocenters. The van der Waals surface area contributed by atoms with Crippen LogP contribution in [0.5, 0.6) is 0 Å². The van der Waals surface area contributed by atoms with Crippen molar-refractivity contribution in [2.24, 2.45) is 5.73 Å². The normalized spacial score (nSPS) is 23.5. The first kappa shape index (κ1) is 14.3. The third-order valence-corrected chi connectivity index (χ3v) is 3.94. The second kappa shape index (κ2) is 5.63. The van der Waals surface area contributed by atoms with Crippen LogP contribution in [-0.2, 0) is 16.1 Å². The first-order valence-electron chi connectivity index (χ1n) is 6.82. The van der Waals surface area contributed by atoms with Crippen molar-refractivity contribution in [1.29, 1.82) is 0 Å². The molecule has 1 saturated heterocycles. The second-order valence-corrected chi connectivity index (χ2v) is 5.68. The number of nitrogens with zero attached hydrogens (tertiary/aromatic N) is 3. The van der Waals surface area contributed by atoms with E-state index >= 15 is 0 Å². The van der Waals surface area contributed by atoms with E-state index in [9.17, 15) is 4.79 Å². The molecule has 0 radical (unpaired) electrons. The molecule has 1 fully saturated rings. The fourth-order valence-electron chi connectivity index (χ4n) is 2.77. The quantitative estimate of drug-likeness (QED) is 0.920. The molecular weight excluding hydrogens is 292 g/mol. The largest absolute Gasteiger partial charge is 0.375 e. The van der Waals surface area contributed by atoms with Crippen molar-refractivity contribution in [2.45, 2.75) is 25.6 Å². The van der Waals surface area contributed by atoms with E-state index in [1.54, 1.807) is 12.3 Å². The highest BCUT2D eigenvalue weighted by molar-refractivity contribution is 6.30. The van der Waals surface area contributed by atoms with Gasteiger partial charge >= 0.3 is 0 Å². The minimum absolute atomic E-state index is 0.206. The molecule has 112 valence electrons. The lowest BCUT2D eigenvalue weighted by atomic mass is 10.1. The van der Waals surface area contributed by atoms with Crippen molar-refractivity contribution in [3.05, 3.63) is 35.2 Å². The summed E-state index contributed by atoms with van der Waals surface area (Å²) in [7, 11) is 0. The van der Waals surface area contributed by atoms with Crippen LogP contribution in [0.25, 0.3) is 5.65 Å². The molecule has 7 heteroatoms. The van der Waals surface area contributed by atoms with Gasteiger partial charge in [-0.15, -0.1) is 0 Å². The van der Waals surface area contributed by atoms with Crippen LogP contribution in [-0.4, -0.2) is 45.5 Å². The number of nitrogens with two attached hydrogens (primary N) is 1. The number of hydrogen-bond donors (Lipinski definition) is 1. The van der Waals surface area contributed by atoms with Gasteiger partial charge in [0.15, 0.2) is 0 Å². The number of morpholine rings is 1. The average molecular weight is 309 g/mol. The van der Waals surface area contributed by atoms with E-state index in [-0.39, 0.29) is 12.0 Å². The van der Waals surface area contributed by atoms with Gasteiger partial charge in [0.25, 0.3) is 0 Å². The number of rotatable bonds is 3. The molecule has 0 aromatic carbocycles. The van der Waals surface area contributed by atoms with Crippen LogP contribution in [0.4, 0.5) is 0 Å². The van der Waals surface area contributed by atoms with Gasteiger partial charge in [-0.25, -0.2) is 4.98 Å². The van der Waals surface area contributed by atoms with Gasteiger partial charge in [-0.1, -0.05) is 11.6 Å². The van der Waals surface area contributed by atoms with Crippen molar-refractivity contribution in [2.75, 3.05) is 13.2 Å². The number of pyridine rings is 1. The molecule has 2 atom stereocenters. The molecule has 3 rings (SSSR count). The molecule has 1 aliphatic rings. The molecule has 1 aliphatic heterocycles. The summed E-state index contributed by atoms with van der Waals surface area (Å²) in [5.74, 6) is -0.367. The van der Waals surface area contributed by atoms with Crippen molar-refractivity contribution < 1.29 is 9.53 Å². The van der Waals surface area contributed by atoms with Crippen molar-refractivity contribution in [3.8, 4) is 0 Å². The lowest BCUT2D eigenvalue weighted by Crippen LogP contribution is -2.56. The Labute approximate surface area is 127 Å². The smallest absolute Gasteiger partial charge is 0.237 e. The van der Waals surface area contributed by atoms with Crippen LogP contribution in [0, 0.1) is 0 Å². The number of halogens is 1. The average Bonchev–Trinajstić information content (AvgIpc) is 2.79. The molecule has 0 aliphatic carbocycles. The van der Waals surface area contributed by atoms with E-state index < -0.39 is 6.04 Å². The van der Waals surface area contributed by atoms with Gasteiger partial charge in [0.05, 0.1) is 23.4 Å². The fourth-order valence-corrected chi connectivity index (χ4v) is 2.94. The maximum atomic E-state index is 11.6. The number of carbonyl (C=O) groups is 1. The van der Waals surface area contributed by atoms with Crippen molar-refractivity contribution >= 4 is 23.2 Å². The van der Waals surface area contributed by atoms with Gasteiger partial charge in [0.2, 0.25) is 5.91 Å². The Hall–Kier alpha value is -1.63. The summed E-state index contributed by atoms with van der Waals surface area (Å²) in [6.07, 6.45) is 3.52. The summed E-state index contributed by atoms with van der Waals surface area (Å²) in [6.45, 7) is 3.67. The van der Waals surface area contributed by atoms with Crippen LogP contribution in [0.2, 0.25) is 5.02 Å². The molecule has 21 heavy (non-hydrogen) atoms. The predicted molar refractivity (Wildman–Crippen MR) is 79.0 cm³/mol. The summed E-state index contributed by atoms with van der Waals surface area (Å²) in [4.78, 5) is 18.2. The maximum Gasteiger partial charge on any atom is 0.237 e. The standard InChI is InChI=1S/C14H17ClN4O2/c1-9-13(14(16)20)18(4-5-21-9)7-11-8-19-6-10(15)2-3-12(19)17-11/h2-3,6,8-9,13H,4-5,7H2,1H3,(H2,16,20)/t9-,13+/m1/s1. The summed E-state index contributed by atoms with van der Waals surface area (Å²) in [5.41, 5.74) is 7.19. The van der Waals surface area contributed by atoms with E-state index in [0.717, 1.165) is 11.3 Å². The summed E-state index contributed by atoms with van der Waals surface area (Å²) >= 11 is 5.97. The Morgan fingerprint density at radius 2 is 2.33 bits per heavy atom. The van der Waals surface area contributed by atoms with Gasteiger partial charge < -0.3 is 14.9 Å². The van der Waals surface area contributed by atoms with Crippen LogP contribution in [0.15, 0.2) is 24.5 Å². The molecule has 1 amide bonds. The summed E-state index contributed by atoms with van der Waals surface area (Å²) < 4.78 is 7.38. The lowest BCUT2D eigenvalue weighted by molar-refractivity contribution is -0.136. The first-order valence-corrected chi connectivity index (χ1v) is 7.20. The minimum Gasteiger partial charge on any atom is -0.375 e. The maximum absolute atomic E-state index is 11.6. The van der Waals surface area contributed by atoms with Crippen LogP contribution >= 0.6 is 11.6 Å². The monoisotopic (exact) mass is 308 g/mol. The summed E-state index contributed by atoms with van der Waals surface area (Å²) in [6, 6.07) is 3.24. The van der Waals surface area contributed by atoms with Gasteiger partial charge in [-0.05, 0) is 19.1 Å². The number of amides is 1. The molecule has 3 heterocycles. The van der Waals surface area contributed by atoms with E-state index in [1.807, 2.05) is 28.5 Å². The Morgan fingerprint density at radius 1 is 1.52 bits per heavy atom. The third kappa shape index (κ3) is 2.88. The Bertz CT molecular complexity index is 672. The number of carbonyl (C=O) groups excluding carboxylic acids is 1. The zero-order valence-electron chi connectivity index (χ0n) is 11.7. The number of fused-ring (bicyclic) bond motifs is 1. The van der Waals surface area contributed by atoms with Crippen LogP contribution < -0.4 is 5.73 Å². The van der Waals surface area contributed by atoms with E-state index in [4.69, 9.17) is 22.1 Å². The number of hydrogen-bond acceptors (Lipinski definition) is 4. The van der Waals surface area contributed by atoms with Crippen LogP contribution in [0.1, 0.15) is 12.6 Å². The molecule has 2 aromatic rings. The lowest BCUT2D eigenvalue weighted by Gasteiger charge is -2.37. The van der Waals surface area contributed by atoms with E-state index in [0.29, 0.717) is 24.7 Å². The number of aromatic nitrogens is 2. The molecule has 2 aromatic heterocycles. The van der Waals surface area contributed by atoms with Crippen molar-refractivity contribution in [3.63, 3.8) is 0 Å². The number of primary amides is 1. The zero-order valence-corrected chi connectivity index (χ0v) is 12.5. The Kier molecular flexibility index (Phi) is 3.84. The second-order valence-electron chi connectivity index (χ2n) is 5.24. The number of imidazole rings is 1. The first-order chi connectivity index (χ1) is 10.0. The zero-order chi connectivity index (χ0) is 15.0. The van der Waals surface area contributed by atoms with Gasteiger partial charge in [-0.3, -0.25) is 9.69 Å². The van der Waals surface area contributed by atoms with E-state index in [1.165, 1.54) is 0 Å². The molecule has 0 spiro atoms. The van der Waals surface area contributed by atoms with E-state index in [2.05, 4.69) is 4.98 Å². The highest BCUT2D eigenvalue weighted by Gasteiger charge is 2.33. The topological polar surface area (TPSA) is 72.9 Å². The molecule has 2 N–H and O–H groups in total. The van der Waals surface area contributed by atoms with Gasteiger partial charge in [0.1, 0.15) is 11.7 Å². The van der Waals surface area contributed by atoms with Gasteiger partial charge in [-0.2, -0.15) is 0 Å². The number of ether oxygens (including phenoxy) is 1. The van der Waals surface area contributed by atoms with Gasteiger partial charge in [0, 0.05) is 25.5 Å². The molecule has 0 saturated carbocycles. The molecule has 6 nitrogen and oxygen atoms in total. The molecule has 0 bridgehead atoms. The highest BCUT2D eigenvalue weighted by atomic mass is 35.5. The highest BCUT2D eigenvalue weighted by Crippen LogP contribution is 2.18. The Morgan fingerprint density at radius 3 is 3.10 bits per heavy atom. The fraction of sp³-hybridized carbons (Fsp3) is 0.429. The Balaban J connectivity index is 1.84. The third-order valence-electron chi connectivity index (χ3n) is 3.72. The predicted octanol–water partition coefficient (Wildman–Crippen LogP) is 1.06. The SMILES string of the molecule is C[C@H]1OCCN(Cc2cn3cc(Cl)ccc3n2)[C@@H]1C(N)=O. The van der Waals surface area contributed by atoms with Crippen molar-refractivity contribution in [1.82, 2.24) is 14.3 Å². The molecular formula is C14H17ClN4O2. The minimum atomic E-state index is -0.424. The van der Waals surface area contributed by atoms with Crippen LogP contribution in [0.3, 0.4) is 0 Å². The summed E-state index contributed by atoms with van der Waals surface area (Å²) in [5, 5.41) is 0.654.